The van der Waals surface area contributed by atoms with Crippen molar-refractivity contribution in [1.82, 2.24) is 20.0 Å². The summed E-state index contributed by atoms with van der Waals surface area (Å²) in [5, 5.41) is 7.88. The predicted octanol–water partition coefficient (Wildman–Crippen LogP) is 3.59. The van der Waals surface area contributed by atoms with Crippen molar-refractivity contribution < 1.29 is 18.3 Å². The third-order valence-electron chi connectivity index (χ3n) is 6.15. The number of likely N-dealkylation sites (tertiary alicyclic amines) is 1. The van der Waals surface area contributed by atoms with E-state index >= 15 is 0 Å². The van der Waals surface area contributed by atoms with Crippen LogP contribution in [0.2, 0.25) is 0 Å². The van der Waals surface area contributed by atoms with Gasteiger partial charge < -0.3 is 19.9 Å². The number of nitrogens with one attached hydrogen (secondary N) is 1. The second kappa shape index (κ2) is 8.69. The van der Waals surface area contributed by atoms with Crippen molar-refractivity contribution >= 4 is 11.9 Å². The quantitative estimate of drug-likeness (QED) is 0.796. The first-order valence-electron chi connectivity index (χ1n) is 10.9. The Hall–Kier alpha value is -1.90. The number of aryl methyl sites for hydroxylation is 1. The first-order chi connectivity index (χ1) is 14.1. The van der Waals surface area contributed by atoms with Crippen LogP contribution in [-0.2, 0) is 4.74 Å². The summed E-state index contributed by atoms with van der Waals surface area (Å²) in [6, 6.07) is 2.06. The number of alkyl halides is 2. The summed E-state index contributed by atoms with van der Waals surface area (Å²) in [7, 11) is 0. The van der Waals surface area contributed by atoms with Crippen molar-refractivity contribution in [3.63, 3.8) is 0 Å². The molecule has 7 nitrogen and oxygen atoms in total. The summed E-state index contributed by atoms with van der Waals surface area (Å²) in [5.74, 6) is 0.616. The Morgan fingerprint density at radius 1 is 1.33 bits per heavy atom. The van der Waals surface area contributed by atoms with Crippen LogP contribution in [0.1, 0.15) is 58.7 Å². The fourth-order valence-electron chi connectivity index (χ4n) is 4.41. The van der Waals surface area contributed by atoms with Gasteiger partial charge >= 0.3 is 6.09 Å². The van der Waals surface area contributed by atoms with Crippen molar-refractivity contribution in [2.24, 2.45) is 0 Å². The van der Waals surface area contributed by atoms with E-state index in [-0.39, 0.29) is 18.7 Å². The lowest BCUT2D eigenvalue weighted by molar-refractivity contribution is 0.0184. The number of piperidine rings is 1. The van der Waals surface area contributed by atoms with Crippen molar-refractivity contribution in [3.8, 4) is 0 Å². The van der Waals surface area contributed by atoms with Gasteiger partial charge in [-0.3, -0.25) is 4.68 Å². The van der Waals surface area contributed by atoms with Crippen LogP contribution in [0.15, 0.2) is 6.07 Å². The second-order valence-electron chi connectivity index (χ2n) is 9.37. The van der Waals surface area contributed by atoms with Crippen LogP contribution in [0.25, 0.3) is 0 Å². The molecule has 1 amide bonds. The van der Waals surface area contributed by atoms with Gasteiger partial charge in [0.25, 0.3) is 6.43 Å². The van der Waals surface area contributed by atoms with Gasteiger partial charge in [-0.05, 0) is 47.0 Å². The molecule has 2 aliphatic rings. The van der Waals surface area contributed by atoms with Gasteiger partial charge in [0.2, 0.25) is 0 Å². The number of halogens is 2. The summed E-state index contributed by atoms with van der Waals surface area (Å²) in [6.07, 6.45) is -0.882. The molecule has 3 heterocycles. The highest BCUT2D eigenvalue weighted by molar-refractivity contribution is 5.68. The van der Waals surface area contributed by atoms with Crippen LogP contribution in [-0.4, -0.2) is 71.1 Å². The summed E-state index contributed by atoms with van der Waals surface area (Å²) in [6.45, 7) is 12.0. The molecule has 0 spiro atoms. The van der Waals surface area contributed by atoms with E-state index in [4.69, 9.17) is 9.84 Å². The first-order valence-corrected chi connectivity index (χ1v) is 10.9. The van der Waals surface area contributed by atoms with Crippen LogP contribution in [0.4, 0.5) is 19.4 Å². The average Bonchev–Trinajstić information content (AvgIpc) is 3.07. The Kier molecular flexibility index (Phi) is 6.60. The Morgan fingerprint density at radius 2 is 2.00 bits per heavy atom. The maximum absolute atomic E-state index is 14.0. The molecular formula is C21H35F2N5O2. The van der Waals surface area contributed by atoms with Gasteiger partial charge in [0.1, 0.15) is 11.1 Å². The molecule has 1 atom stereocenters. The third kappa shape index (κ3) is 4.55. The number of carbonyl (C=O) groups is 1. The van der Waals surface area contributed by atoms with Gasteiger partial charge in [0.05, 0.1) is 6.04 Å². The SMILES string of the molecule is CC[C@@]1(C(F)F)CNCCN1c1cc(C)n(C2CCN(C(=O)OC(C)(C)C)CC2)n1. The van der Waals surface area contributed by atoms with Crippen LogP contribution >= 0.6 is 0 Å². The Labute approximate surface area is 177 Å². The molecular weight excluding hydrogens is 392 g/mol. The van der Waals surface area contributed by atoms with Gasteiger partial charge in [0, 0.05) is 44.5 Å². The van der Waals surface area contributed by atoms with Gasteiger partial charge in [-0.25, -0.2) is 13.6 Å². The fraction of sp³-hybridized carbons (Fsp3) is 0.810. The number of ether oxygens (including phenoxy) is 1. The largest absolute Gasteiger partial charge is 0.444 e. The predicted molar refractivity (Wildman–Crippen MR) is 112 cm³/mol. The molecule has 0 aromatic carbocycles. The molecule has 1 aromatic rings. The molecule has 0 saturated carbocycles. The molecule has 30 heavy (non-hydrogen) atoms. The Balaban J connectivity index is 1.72. The van der Waals surface area contributed by atoms with E-state index in [0.717, 1.165) is 18.5 Å². The Morgan fingerprint density at radius 3 is 2.57 bits per heavy atom. The minimum absolute atomic E-state index is 0.142. The third-order valence-corrected chi connectivity index (χ3v) is 6.15. The summed E-state index contributed by atoms with van der Waals surface area (Å²) >= 11 is 0. The van der Waals surface area contributed by atoms with Crippen LogP contribution in [0.5, 0.6) is 0 Å². The van der Waals surface area contributed by atoms with Crippen molar-refractivity contribution in [2.75, 3.05) is 37.6 Å². The number of rotatable bonds is 4. The highest BCUT2D eigenvalue weighted by atomic mass is 19.3. The molecule has 170 valence electrons. The summed E-state index contributed by atoms with van der Waals surface area (Å²) in [5.41, 5.74) is -0.788. The average molecular weight is 428 g/mol. The first kappa shape index (κ1) is 22.8. The molecule has 0 radical (unpaired) electrons. The minimum Gasteiger partial charge on any atom is -0.444 e. The molecule has 1 aromatic heterocycles. The minimum atomic E-state index is -2.46. The number of anilines is 1. The normalized spacial score (nSPS) is 23.9. The molecule has 2 aliphatic heterocycles. The smallest absolute Gasteiger partial charge is 0.410 e. The topological polar surface area (TPSA) is 62.6 Å². The zero-order valence-corrected chi connectivity index (χ0v) is 18.8. The summed E-state index contributed by atoms with van der Waals surface area (Å²) in [4.78, 5) is 15.8. The monoisotopic (exact) mass is 427 g/mol. The van der Waals surface area contributed by atoms with Crippen LogP contribution in [0, 0.1) is 6.92 Å². The number of aromatic nitrogens is 2. The summed E-state index contributed by atoms with van der Waals surface area (Å²) < 4.78 is 35.5. The van der Waals surface area contributed by atoms with Gasteiger partial charge in [-0.1, -0.05) is 6.92 Å². The lowest BCUT2D eigenvalue weighted by Crippen LogP contribution is -2.65. The lowest BCUT2D eigenvalue weighted by atomic mass is 9.92. The van der Waals surface area contributed by atoms with Gasteiger partial charge in [-0.2, -0.15) is 5.10 Å². The zero-order valence-electron chi connectivity index (χ0n) is 18.8. The lowest BCUT2D eigenvalue weighted by Gasteiger charge is -2.46. The molecule has 1 N–H and O–H groups in total. The number of piperazine rings is 1. The van der Waals surface area contributed by atoms with Crippen LogP contribution in [0.3, 0.4) is 0 Å². The highest BCUT2D eigenvalue weighted by Crippen LogP contribution is 2.34. The van der Waals surface area contributed by atoms with E-state index in [2.05, 4.69) is 5.32 Å². The van der Waals surface area contributed by atoms with Crippen molar-refractivity contribution in [2.45, 2.75) is 77.5 Å². The molecule has 3 rings (SSSR count). The zero-order chi connectivity index (χ0) is 22.1. The second-order valence-corrected chi connectivity index (χ2v) is 9.37. The van der Waals surface area contributed by atoms with E-state index in [1.807, 2.05) is 45.4 Å². The van der Waals surface area contributed by atoms with Crippen molar-refractivity contribution in [1.29, 1.82) is 0 Å². The van der Waals surface area contributed by atoms with E-state index in [9.17, 15) is 13.6 Å². The van der Waals surface area contributed by atoms with Gasteiger partial charge in [-0.15, -0.1) is 0 Å². The number of carbonyl (C=O) groups excluding carboxylic acids is 1. The molecule has 0 bridgehead atoms. The maximum Gasteiger partial charge on any atom is 0.410 e. The number of nitrogens with zero attached hydrogens (tertiary/aromatic N) is 4. The maximum atomic E-state index is 14.0. The van der Waals surface area contributed by atoms with E-state index < -0.39 is 17.6 Å². The van der Waals surface area contributed by atoms with E-state index in [0.29, 0.717) is 38.4 Å². The fourth-order valence-corrected chi connectivity index (χ4v) is 4.41. The van der Waals surface area contributed by atoms with E-state index in [1.165, 1.54) is 0 Å². The molecule has 2 fully saturated rings. The molecule has 0 unspecified atom stereocenters. The standard InChI is InChI=1S/C21H35F2N5O2/c1-6-21(18(22)23)14-24-9-12-27(21)17-13-15(2)28(25-17)16-7-10-26(11-8-16)19(29)30-20(3,4)5/h13,16,18,24H,6-12,14H2,1-5H3/t21-/m0/s1. The van der Waals surface area contributed by atoms with Crippen molar-refractivity contribution in [3.05, 3.63) is 11.8 Å². The molecule has 9 heteroatoms. The molecule has 0 aliphatic carbocycles. The van der Waals surface area contributed by atoms with Gasteiger partial charge in [0.15, 0.2) is 5.82 Å². The number of amides is 1. The Bertz CT molecular complexity index is 740. The number of hydrogen-bond acceptors (Lipinski definition) is 5. The van der Waals surface area contributed by atoms with E-state index in [1.54, 1.807) is 9.80 Å². The van der Waals surface area contributed by atoms with Crippen LogP contribution < -0.4 is 10.2 Å². The molecule has 2 saturated heterocycles. The highest BCUT2D eigenvalue weighted by Gasteiger charge is 2.46. The number of hydrogen-bond donors (Lipinski definition) is 1.